The molecule has 0 amide bonds. The number of alkyl halides is 3. The van der Waals surface area contributed by atoms with Crippen molar-refractivity contribution in [1.82, 2.24) is 0 Å². The molecule has 0 saturated carbocycles. The van der Waals surface area contributed by atoms with Gasteiger partial charge < -0.3 is 5.73 Å². The predicted molar refractivity (Wildman–Crippen MR) is 67.4 cm³/mol. The maximum Gasteiger partial charge on any atom is 0.416 e. The Morgan fingerprint density at radius 2 is 1.89 bits per heavy atom. The number of benzene rings is 1. The molecule has 1 aromatic carbocycles. The van der Waals surface area contributed by atoms with Crippen molar-refractivity contribution in [3.05, 3.63) is 23.8 Å². The highest BCUT2D eigenvalue weighted by Gasteiger charge is 2.32. The molecule has 0 radical (unpaired) electrons. The highest BCUT2D eigenvalue weighted by molar-refractivity contribution is 7.91. The zero-order valence-electron chi connectivity index (χ0n) is 10.7. The molecule has 0 heterocycles. The number of hydrogen-bond donors (Lipinski definition) is 1. The molecule has 19 heavy (non-hydrogen) atoms. The van der Waals surface area contributed by atoms with Gasteiger partial charge in [0.25, 0.3) is 0 Å². The third-order valence-corrected chi connectivity index (χ3v) is 4.92. The van der Waals surface area contributed by atoms with Crippen molar-refractivity contribution in [2.75, 3.05) is 11.5 Å². The Morgan fingerprint density at radius 3 is 2.32 bits per heavy atom. The first kappa shape index (κ1) is 15.8. The third kappa shape index (κ3) is 3.86. The van der Waals surface area contributed by atoms with Crippen molar-refractivity contribution in [3.63, 3.8) is 0 Å². The van der Waals surface area contributed by atoms with E-state index in [4.69, 9.17) is 5.73 Å². The number of halogens is 3. The number of anilines is 1. The van der Waals surface area contributed by atoms with E-state index < -0.39 is 21.6 Å². The molecule has 1 rings (SSSR count). The quantitative estimate of drug-likeness (QED) is 0.868. The van der Waals surface area contributed by atoms with Gasteiger partial charge in [0.05, 0.1) is 21.9 Å². The van der Waals surface area contributed by atoms with Crippen LogP contribution < -0.4 is 5.73 Å². The first-order valence-electron chi connectivity index (χ1n) is 5.77. The monoisotopic (exact) mass is 295 g/mol. The zero-order chi connectivity index (χ0) is 14.8. The van der Waals surface area contributed by atoms with E-state index in [9.17, 15) is 21.6 Å². The minimum atomic E-state index is -4.53. The van der Waals surface area contributed by atoms with Gasteiger partial charge in [-0.05, 0) is 24.1 Å². The average Bonchev–Trinajstić information content (AvgIpc) is 2.26. The largest absolute Gasteiger partial charge is 0.416 e. The van der Waals surface area contributed by atoms with Gasteiger partial charge in [-0.3, -0.25) is 0 Å². The molecular formula is C12H16F3NO2S. The van der Waals surface area contributed by atoms with E-state index in [0.717, 1.165) is 12.1 Å². The van der Waals surface area contributed by atoms with Crippen molar-refractivity contribution in [2.45, 2.75) is 31.3 Å². The lowest BCUT2D eigenvalue weighted by molar-refractivity contribution is -0.137. The molecule has 0 aromatic heterocycles. The molecule has 0 saturated heterocycles. The van der Waals surface area contributed by atoms with Crippen LogP contribution in [0.5, 0.6) is 0 Å². The first-order chi connectivity index (χ1) is 8.58. The van der Waals surface area contributed by atoms with Crippen molar-refractivity contribution in [3.8, 4) is 0 Å². The van der Waals surface area contributed by atoms with Crippen LogP contribution in [-0.2, 0) is 16.0 Å². The Hall–Kier alpha value is -1.24. The van der Waals surface area contributed by atoms with Crippen LogP contribution in [-0.4, -0.2) is 14.2 Å². The van der Waals surface area contributed by atoms with E-state index >= 15 is 0 Å². The van der Waals surface area contributed by atoms with Crippen LogP contribution in [0.4, 0.5) is 18.9 Å². The van der Waals surface area contributed by atoms with Crippen LogP contribution in [0.1, 0.15) is 25.8 Å². The van der Waals surface area contributed by atoms with E-state index in [2.05, 4.69) is 0 Å². The topological polar surface area (TPSA) is 60.2 Å². The maximum absolute atomic E-state index is 12.5. The van der Waals surface area contributed by atoms with Gasteiger partial charge in [0.1, 0.15) is 0 Å². The SMILES string of the molecule is CCC(C)CS(=O)(=O)c1ccc(C(F)(F)F)cc1N. The molecule has 1 unspecified atom stereocenters. The van der Waals surface area contributed by atoms with Gasteiger partial charge in [0.2, 0.25) is 0 Å². The molecule has 0 bridgehead atoms. The average molecular weight is 295 g/mol. The third-order valence-electron chi connectivity index (χ3n) is 2.87. The van der Waals surface area contributed by atoms with Gasteiger partial charge in [-0.1, -0.05) is 20.3 Å². The highest BCUT2D eigenvalue weighted by atomic mass is 32.2. The summed E-state index contributed by atoms with van der Waals surface area (Å²) in [4.78, 5) is -0.235. The molecule has 1 aromatic rings. The molecule has 7 heteroatoms. The number of rotatable bonds is 4. The summed E-state index contributed by atoms with van der Waals surface area (Å²) >= 11 is 0. The fourth-order valence-electron chi connectivity index (χ4n) is 1.59. The molecule has 3 nitrogen and oxygen atoms in total. The molecular weight excluding hydrogens is 279 g/mol. The smallest absolute Gasteiger partial charge is 0.398 e. The number of sulfone groups is 1. The maximum atomic E-state index is 12.5. The van der Waals surface area contributed by atoms with Gasteiger partial charge in [0, 0.05) is 0 Å². The molecule has 2 N–H and O–H groups in total. The second-order valence-electron chi connectivity index (χ2n) is 4.55. The lowest BCUT2D eigenvalue weighted by Crippen LogP contribution is -2.16. The van der Waals surface area contributed by atoms with Crippen molar-refractivity contribution in [1.29, 1.82) is 0 Å². The Morgan fingerprint density at radius 1 is 1.32 bits per heavy atom. The van der Waals surface area contributed by atoms with Crippen LogP contribution in [0.15, 0.2) is 23.1 Å². The Labute approximate surface area is 110 Å². The fraction of sp³-hybridized carbons (Fsp3) is 0.500. The van der Waals surface area contributed by atoms with E-state index in [0.29, 0.717) is 12.5 Å². The van der Waals surface area contributed by atoms with Gasteiger partial charge in [-0.15, -0.1) is 0 Å². The summed E-state index contributed by atoms with van der Waals surface area (Å²) in [5.74, 6) is -0.203. The van der Waals surface area contributed by atoms with Crippen LogP contribution in [0, 0.1) is 5.92 Å². The summed E-state index contributed by atoms with van der Waals surface area (Å²) in [6.45, 7) is 3.61. The number of hydrogen-bond acceptors (Lipinski definition) is 3. The Kier molecular flexibility index (Phi) is 4.50. The Balaban J connectivity index is 3.16. The molecule has 0 aliphatic rings. The first-order valence-corrected chi connectivity index (χ1v) is 7.42. The molecule has 108 valence electrons. The second kappa shape index (κ2) is 5.40. The second-order valence-corrected chi connectivity index (χ2v) is 6.55. The lowest BCUT2D eigenvalue weighted by atomic mass is 10.2. The number of nitrogens with two attached hydrogens (primary N) is 1. The summed E-state index contributed by atoms with van der Waals surface area (Å²) in [6, 6.07) is 2.32. The molecule has 1 atom stereocenters. The van der Waals surface area contributed by atoms with E-state index in [1.807, 2.05) is 6.92 Å². The lowest BCUT2D eigenvalue weighted by Gasteiger charge is -2.13. The predicted octanol–water partition coefficient (Wildman–Crippen LogP) is 3.11. The number of nitrogen functional groups attached to an aromatic ring is 1. The zero-order valence-corrected chi connectivity index (χ0v) is 11.5. The fourth-order valence-corrected chi connectivity index (χ4v) is 3.45. The highest BCUT2D eigenvalue weighted by Crippen LogP contribution is 2.33. The normalized spacial score (nSPS) is 14.4. The van der Waals surface area contributed by atoms with Crippen molar-refractivity contribution in [2.24, 2.45) is 5.92 Å². The Bertz CT molecular complexity index is 553. The molecule has 0 fully saturated rings. The van der Waals surface area contributed by atoms with Gasteiger partial charge >= 0.3 is 6.18 Å². The molecule has 0 aliphatic heterocycles. The van der Waals surface area contributed by atoms with Crippen LogP contribution >= 0.6 is 0 Å². The van der Waals surface area contributed by atoms with Crippen molar-refractivity contribution < 1.29 is 21.6 Å². The molecule has 0 spiro atoms. The minimum Gasteiger partial charge on any atom is -0.398 e. The van der Waals surface area contributed by atoms with Crippen LogP contribution in [0.2, 0.25) is 0 Å². The summed E-state index contributed by atoms with van der Waals surface area (Å²) < 4.78 is 61.4. The van der Waals surface area contributed by atoms with E-state index in [1.54, 1.807) is 6.92 Å². The summed E-state index contributed by atoms with van der Waals surface area (Å²) in [5, 5.41) is 0. The minimum absolute atomic E-state index is 0.0771. The van der Waals surface area contributed by atoms with Gasteiger partial charge in [0.15, 0.2) is 9.84 Å². The van der Waals surface area contributed by atoms with Crippen LogP contribution in [0.25, 0.3) is 0 Å². The van der Waals surface area contributed by atoms with Gasteiger partial charge in [-0.2, -0.15) is 13.2 Å². The van der Waals surface area contributed by atoms with E-state index in [1.165, 1.54) is 0 Å². The van der Waals surface area contributed by atoms with Crippen LogP contribution in [0.3, 0.4) is 0 Å². The van der Waals surface area contributed by atoms with Gasteiger partial charge in [-0.25, -0.2) is 8.42 Å². The molecule has 0 aliphatic carbocycles. The summed E-state index contributed by atoms with van der Waals surface area (Å²) in [5.41, 5.74) is 4.13. The van der Waals surface area contributed by atoms with E-state index in [-0.39, 0.29) is 22.3 Å². The summed E-state index contributed by atoms with van der Waals surface area (Å²) in [7, 11) is -3.66. The summed E-state index contributed by atoms with van der Waals surface area (Å²) in [6.07, 6.45) is -3.87. The van der Waals surface area contributed by atoms with Crippen molar-refractivity contribution >= 4 is 15.5 Å². The standard InChI is InChI=1S/C12H16F3NO2S/c1-3-8(2)7-19(17,18)11-5-4-9(6-10(11)16)12(13,14)15/h4-6,8H,3,7,16H2,1-2H3.